The maximum Gasteiger partial charge on any atom is 0.323 e. The minimum atomic E-state index is -0.936. The molecule has 1 aromatic heterocycles. The van der Waals surface area contributed by atoms with Crippen molar-refractivity contribution in [2.75, 3.05) is 18.5 Å². The second-order valence-electron chi connectivity index (χ2n) is 3.72. The smallest absolute Gasteiger partial charge is 0.323 e. The standard InChI is InChI=1S/C12H11FN2O2/c1-15(7-11(16)17)10-5-6-14-12-8(10)3-2-4-9(12)13/h2-6H,7H2,1H3,(H,16,17). The van der Waals surface area contributed by atoms with E-state index in [1.807, 2.05) is 0 Å². The third kappa shape index (κ3) is 2.18. The third-order valence-electron chi connectivity index (χ3n) is 2.48. The second-order valence-corrected chi connectivity index (χ2v) is 3.72. The summed E-state index contributed by atoms with van der Waals surface area (Å²) in [6.07, 6.45) is 1.47. The number of carboxylic acids is 1. The number of aromatic nitrogens is 1. The fraction of sp³-hybridized carbons (Fsp3) is 0.167. The van der Waals surface area contributed by atoms with Gasteiger partial charge < -0.3 is 10.0 Å². The van der Waals surface area contributed by atoms with Gasteiger partial charge in [-0.05, 0) is 12.1 Å². The highest BCUT2D eigenvalue weighted by atomic mass is 19.1. The molecule has 0 saturated carbocycles. The molecule has 2 rings (SSSR count). The summed E-state index contributed by atoms with van der Waals surface area (Å²) < 4.78 is 13.5. The normalized spacial score (nSPS) is 10.5. The number of anilines is 1. The van der Waals surface area contributed by atoms with E-state index in [2.05, 4.69) is 4.98 Å². The highest BCUT2D eigenvalue weighted by molar-refractivity contribution is 5.92. The fourth-order valence-corrected chi connectivity index (χ4v) is 1.75. The molecule has 4 nitrogen and oxygen atoms in total. The summed E-state index contributed by atoms with van der Waals surface area (Å²) in [4.78, 5) is 16.2. The number of rotatable bonds is 3. The third-order valence-corrected chi connectivity index (χ3v) is 2.48. The highest BCUT2D eigenvalue weighted by Crippen LogP contribution is 2.25. The Morgan fingerprint density at radius 2 is 2.24 bits per heavy atom. The zero-order valence-electron chi connectivity index (χ0n) is 9.22. The average Bonchev–Trinajstić information content (AvgIpc) is 2.28. The lowest BCUT2D eigenvalue weighted by atomic mass is 10.1. The van der Waals surface area contributed by atoms with Crippen LogP contribution in [0.2, 0.25) is 0 Å². The van der Waals surface area contributed by atoms with Crippen molar-refractivity contribution in [3.05, 3.63) is 36.3 Å². The molecule has 17 heavy (non-hydrogen) atoms. The molecule has 0 unspecified atom stereocenters. The molecular formula is C12H11FN2O2. The van der Waals surface area contributed by atoms with Crippen LogP contribution in [0, 0.1) is 5.82 Å². The number of carboxylic acid groups (broad SMARTS) is 1. The number of hydrogen-bond acceptors (Lipinski definition) is 3. The lowest BCUT2D eigenvalue weighted by Crippen LogP contribution is -2.25. The molecule has 0 aliphatic carbocycles. The number of para-hydroxylation sites is 1. The molecule has 2 aromatic rings. The lowest BCUT2D eigenvalue weighted by Gasteiger charge is -2.18. The van der Waals surface area contributed by atoms with Crippen LogP contribution in [0.1, 0.15) is 0 Å². The Labute approximate surface area is 97.3 Å². The quantitative estimate of drug-likeness (QED) is 0.881. The van der Waals surface area contributed by atoms with Crippen molar-refractivity contribution >= 4 is 22.6 Å². The molecule has 0 fully saturated rings. The van der Waals surface area contributed by atoms with E-state index in [1.54, 1.807) is 30.1 Å². The highest BCUT2D eigenvalue weighted by Gasteiger charge is 2.11. The van der Waals surface area contributed by atoms with E-state index in [-0.39, 0.29) is 12.1 Å². The van der Waals surface area contributed by atoms with Gasteiger partial charge in [0.15, 0.2) is 0 Å². The van der Waals surface area contributed by atoms with Crippen LogP contribution in [0.5, 0.6) is 0 Å². The van der Waals surface area contributed by atoms with Crippen molar-refractivity contribution in [3.8, 4) is 0 Å². The molecule has 0 amide bonds. The number of likely N-dealkylation sites (N-methyl/N-ethyl adjacent to an activating group) is 1. The molecule has 1 heterocycles. The van der Waals surface area contributed by atoms with E-state index in [9.17, 15) is 9.18 Å². The number of pyridine rings is 1. The van der Waals surface area contributed by atoms with Crippen molar-refractivity contribution in [3.63, 3.8) is 0 Å². The number of benzene rings is 1. The molecule has 88 valence electrons. The van der Waals surface area contributed by atoms with Crippen LogP contribution in [-0.2, 0) is 4.79 Å². The summed E-state index contributed by atoms with van der Waals surface area (Å²) in [5.74, 6) is -1.35. The van der Waals surface area contributed by atoms with E-state index in [0.29, 0.717) is 11.1 Å². The molecule has 1 N–H and O–H groups in total. The molecule has 0 aliphatic rings. The lowest BCUT2D eigenvalue weighted by molar-refractivity contribution is -0.135. The van der Waals surface area contributed by atoms with Crippen LogP contribution in [0.25, 0.3) is 10.9 Å². The Bertz CT molecular complexity index is 571. The molecule has 0 spiro atoms. The van der Waals surface area contributed by atoms with Gasteiger partial charge in [-0.25, -0.2) is 4.39 Å². The monoisotopic (exact) mass is 234 g/mol. The Morgan fingerprint density at radius 1 is 1.47 bits per heavy atom. The average molecular weight is 234 g/mol. The van der Waals surface area contributed by atoms with E-state index in [0.717, 1.165) is 0 Å². The summed E-state index contributed by atoms with van der Waals surface area (Å²) >= 11 is 0. The van der Waals surface area contributed by atoms with Crippen molar-refractivity contribution in [2.45, 2.75) is 0 Å². The maximum atomic E-state index is 13.5. The largest absolute Gasteiger partial charge is 0.480 e. The van der Waals surface area contributed by atoms with Gasteiger partial charge in [0, 0.05) is 24.3 Å². The van der Waals surface area contributed by atoms with Crippen molar-refractivity contribution in [1.29, 1.82) is 0 Å². The van der Waals surface area contributed by atoms with Crippen LogP contribution in [0.3, 0.4) is 0 Å². The predicted molar refractivity (Wildman–Crippen MR) is 62.6 cm³/mol. The first-order valence-electron chi connectivity index (χ1n) is 5.06. The molecule has 0 bridgehead atoms. The molecule has 0 radical (unpaired) electrons. The van der Waals surface area contributed by atoms with Crippen molar-refractivity contribution < 1.29 is 14.3 Å². The number of aliphatic carboxylic acids is 1. The van der Waals surface area contributed by atoms with E-state index >= 15 is 0 Å². The van der Waals surface area contributed by atoms with Crippen molar-refractivity contribution in [1.82, 2.24) is 4.98 Å². The number of nitrogens with zero attached hydrogens (tertiary/aromatic N) is 2. The predicted octanol–water partition coefficient (Wildman–Crippen LogP) is 1.89. The zero-order valence-corrected chi connectivity index (χ0v) is 9.22. The summed E-state index contributed by atoms with van der Waals surface area (Å²) in [6, 6.07) is 6.30. The molecule has 1 aromatic carbocycles. The van der Waals surface area contributed by atoms with Gasteiger partial charge in [-0.1, -0.05) is 12.1 Å². The van der Waals surface area contributed by atoms with Gasteiger partial charge in [-0.2, -0.15) is 0 Å². The summed E-state index contributed by atoms with van der Waals surface area (Å²) in [5.41, 5.74) is 0.902. The Hall–Kier alpha value is -2.17. The number of hydrogen-bond donors (Lipinski definition) is 1. The summed E-state index contributed by atoms with van der Waals surface area (Å²) in [7, 11) is 1.65. The SMILES string of the molecule is CN(CC(=O)O)c1ccnc2c(F)cccc12. The van der Waals surface area contributed by atoms with E-state index in [4.69, 9.17) is 5.11 Å². The fourth-order valence-electron chi connectivity index (χ4n) is 1.75. The van der Waals surface area contributed by atoms with Crippen LogP contribution >= 0.6 is 0 Å². The Balaban J connectivity index is 2.54. The van der Waals surface area contributed by atoms with E-state index < -0.39 is 11.8 Å². The Kier molecular flexibility index (Phi) is 2.91. The van der Waals surface area contributed by atoms with Gasteiger partial charge in [-0.15, -0.1) is 0 Å². The number of carbonyl (C=O) groups is 1. The molecular weight excluding hydrogens is 223 g/mol. The maximum absolute atomic E-state index is 13.5. The van der Waals surface area contributed by atoms with Crippen molar-refractivity contribution in [2.24, 2.45) is 0 Å². The zero-order chi connectivity index (χ0) is 12.4. The van der Waals surface area contributed by atoms with Gasteiger partial charge in [0.1, 0.15) is 17.9 Å². The topological polar surface area (TPSA) is 53.4 Å². The molecule has 0 saturated heterocycles. The van der Waals surface area contributed by atoms with Crippen LogP contribution < -0.4 is 4.90 Å². The first-order valence-corrected chi connectivity index (χ1v) is 5.06. The van der Waals surface area contributed by atoms with E-state index in [1.165, 1.54) is 12.3 Å². The summed E-state index contributed by atoms with van der Waals surface area (Å²) in [6.45, 7) is -0.143. The summed E-state index contributed by atoms with van der Waals surface area (Å²) in [5, 5.41) is 9.35. The van der Waals surface area contributed by atoms with Gasteiger partial charge >= 0.3 is 5.97 Å². The first-order chi connectivity index (χ1) is 8.09. The van der Waals surface area contributed by atoms with Gasteiger partial charge in [-0.3, -0.25) is 9.78 Å². The van der Waals surface area contributed by atoms with Gasteiger partial charge in [0.2, 0.25) is 0 Å². The van der Waals surface area contributed by atoms with Crippen LogP contribution in [-0.4, -0.2) is 29.7 Å². The minimum Gasteiger partial charge on any atom is -0.480 e. The Morgan fingerprint density at radius 3 is 2.94 bits per heavy atom. The van der Waals surface area contributed by atoms with Gasteiger partial charge in [0.25, 0.3) is 0 Å². The molecule has 0 atom stereocenters. The second kappa shape index (κ2) is 4.37. The minimum absolute atomic E-state index is 0.143. The number of halogens is 1. The van der Waals surface area contributed by atoms with Crippen LogP contribution in [0.15, 0.2) is 30.5 Å². The molecule has 0 aliphatic heterocycles. The number of fused-ring (bicyclic) bond motifs is 1. The molecule has 5 heteroatoms. The van der Waals surface area contributed by atoms with Crippen LogP contribution in [0.4, 0.5) is 10.1 Å². The first kappa shape index (κ1) is 11.3. The van der Waals surface area contributed by atoms with Gasteiger partial charge in [0.05, 0.1) is 0 Å².